The van der Waals surface area contributed by atoms with Gasteiger partial charge in [-0.1, -0.05) is 15.9 Å². The summed E-state index contributed by atoms with van der Waals surface area (Å²) < 4.78 is 5.86. The Morgan fingerprint density at radius 1 is 1.61 bits per heavy atom. The fourth-order valence-corrected chi connectivity index (χ4v) is 1.91. The largest absolute Gasteiger partial charge is 0.473 e. The van der Waals surface area contributed by atoms with Crippen molar-refractivity contribution < 1.29 is 14.5 Å². The van der Waals surface area contributed by atoms with Crippen molar-refractivity contribution in [3.63, 3.8) is 0 Å². The van der Waals surface area contributed by atoms with Gasteiger partial charge in [-0.3, -0.25) is 20.3 Å². The number of carbonyl (C=O) groups excluding carboxylic acids is 1. The molecule has 1 aromatic rings. The maximum atomic E-state index is 11.2. The molecule has 18 heavy (non-hydrogen) atoms. The lowest BCUT2D eigenvalue weighted by atomic mass is 10.2. The average Bonchev–Trinajstić information content (AvgIpc) is 2.30. The molecule has 1 unspecified atom stereocenters. The number of carbonyl (C=O) groups is 1. The first kappa shape index (κ1) is 14.4. The SMILES string of the molecule is Cc1cc(Br)cc([N+](=O)[O-])c1OC(C)C(=O)NN. The molecule has 8 heteroatoms. The maximum Gasteiger partial charge on any atom is 0.312 e. The summed E-state index contributed by atoms with van der Waals surface area (Å²) in [5, 5.41) is 10.9. The molecule has 0 aliphatic carbocycles. The molecule has 0 heterocycles. The minimum absolute atomic E-state index is 0.0549. The van der Waals surface area contributed by atoms with Crippen LogP contribution in [0, 0.1) is 17.0 Å². The third-order valence-electron chi connectivity index (χ3n) is 2.22. The number of nitrogens with one attached hydrogen (secondary N) is 1. The van der Waals surface area contributed by atoms with Gasteiger partial charge in [-0.15, -0.1) is 0 Å². The Morgan fingerprint density at radius 3 is 2.72 bits per heavy atom. The molecule has 0 aliphatic rings. The Labute approximate surface area is 112 Å². The van der Waals surface area contributed by atoms with Crippen molar-refractivity contribution in [3.8, 4) is 5.75 Å². The molecule has 0 radical (unpaired) electrons. The van der Waals surface area contributed by atoms with E-state index in [1.165, 1.54) is 13.0 Å². The van der Waals surface area contributed by atoms with Crippen LogP contribution < -0.4 is 16.0 Å². The second kappa shape index (κ2) is 5.78. The van der Waals surface area contributed by atoms with Gasteiger partial charge in [-0.05, 0) is 25.5 Å². The van der Waals surface area contributed by atoms with Crippen LogP contribution >= 0.6 is 15.9 Å². The highest BCUT2D eigenvalue weighted by molar-refractivity contribution is 9.10. The Hall–Kier alpha value is -1.67. The van der Waals surface area contributed by atoms with Gasteiger partial charge in [0.15, 0.2) is 6.10 Å². The smallest absolute Gasteiger partial charge is 0.312 e. The zero-order valence-corrected chi connectivity index (χ0v) is 11.4. The Kier molecular flexibility index (Phi) is 4.62. The van der Waals surface area contributed by atoms with Gasteiger partial charge in [-0.25, -0.2) is 5.84 Å². The van der Waals surface area contributed by atoms with E-state index in [2.05, 4.69) is 15.9 Å². The lowest BCUT2D eigenvalue weighted by molar-refractivity contribution is -0.386. The Balaban J connectivity index is 3.15. The molecule has 1 amide bonds. The van der Waals surface area contributed by atoms with Crippen LogP contribution in [-0.4, -0.2) is 16.9 Å². The minimum Gasteiger partial charge on any atom is -0.473 e. The summed E-state index contributed by atoms with van der Waals surface area (Å²) in [6.45, 7) is 3.10. The first-order valence-electron chi connectivity index (χ1n) is 4.98. The lowest BCUT2D eigenvalue weighted by Gasteiger charge is -2.15. The van der Waals surface area contributed by atoms with Crippen LogP contribution in [0.3, 0.4) is 0 Å². The predicted molar refractivity (Wildman–Crippen MR) is 68.0 cm³/mol. The van der Waals surface area contributed by atoms with E-state index < -0.39 is 16.9 Å². The molecule has 0 fully saturated rings. The van der Waals surface area contributed by atoms with E-state index >= 15 is 0 Å². The number of hydrogen-bond donors (Lipinski definition) is 2. The van der Waals surface area contributed by atoms with Crippen LogP contribution in [0.2, 0.25) is 0 Å². The molecule has 98 valence electrons. The topological polar surface area (TPSA) is 107 Å². The van der Waals surface area contributed by atoms with Crippen molar-refractivity contribution in [1.82, 2.24) is 5.43 Å². The second-order valence-corrected chi connectivity index (χ2v) is 4.51. The molecule has 0 bridgehead atoms. The normalized spacial score (nSPS) is 11.8. The summed E-state index contributed by atoms with van der Waals surface area (Å²) in [6, 6.07) is 2.98. The fraction of sp³-hybridized carbons (Fsp3) is 0.300. The molecule has 1 rings (SSSR count). The van der Waals surface area contributed by atoms with E-state index in [4.69, 9.17) is 10.6 Å². The molecule has 0 saturated heterocycles. The fourth-order valence-electron chi connectivity index (χ4n) is 1.35. The van der Waals surface area contributed by atoms with Crippen molar-refractivity contribution in [2.75, 3.05) is 0 Å². The van der Waals surface area contributed by atoms with Gasteiger partial charge in [-0.2, -0.15) is 0 Å². The number of nitrogens with zero attached hydrogens (tertiary/aromatic N) is 1. The first-order chi connectivity index (χ1) is 8.36. The number of ether oxygens (including phenoxy) is 1. The summed E-state index contributed by atoms with van der Waals surface area (Å²) in [6.07, 6.45) is -0.923. The quantitative estimate of drug-likeness (QED) is 0.378. The molecular weight excluding hydrogens is 306 g/mol. The van der Waals surface area contributed by atoms with Crippen LogP contribution in [0.1, 0.15) is 12.5 Å². The Morgan fingerprint density at radius 2 is 2.22 bits per heavy atom. The second-order valence-electron chi connectivity index (χ2n) is 3.60. The van der Waals surface area contributed by atoms with Gasteiger partial charge in [0.25, 0.3) is 5.91 Å². The van der Waals surface area contributed by atoms with Gasteiger partial charge < -0.3 is 4.74 Å². The van der Waals surface area contributed by atoms with Crippen LogP contribution in [0.15, 0.2) is 16.6 Å². The molecular formula is C10H12BrN3O4. The van der Waals surface area contributed by atoms with Crippen molar-refractivity contribution >= 4 is 27.5 Å². The summed E-state index contributed by atoms with van der Waals surface area (Å²) in [7, 11) is 0. The van der Waals surface area contributed by atoms with E-state index in [0.717, 1.165) is 0 Å². The Bertz CT molecular complexity index is 492. The van der Waals surface area contributed by atoms with E-state index in [-0.39, 0.29) is 11.4 Å². The van der Waals surface area contributed by atoms with Gasteiger partial charge in [0.05, 0.1) is 4.92 Å². The van der Waals surface area contributed by atoms with E-state index in [1.807, 2.05) is 5.43 Å². The van der Waals surface area contributed by atoms with Crippen LogP contribution in [0.4, 0.5) is 5.69 Å². The van der Waals surface area contributed by atoms with Crippen molar-refractivity contribution in [3.05, 3.63) is 32.3 Å². The monoisotopic (exact) mass is 317 g/mol. The number of amides is 1. The zero-order valence-electron chi connectivity index (χ0n) is 9.77. The summed E-state index contributed by atoms with van der Waals surface area (Å²) in [5.41, 5.74) is 2.26. The van der Waals surface area contributed by atoms with Crippen LogP contribution in [0.25, 0.3) is 0 Å². The van der Waals surface area contributed by atoms with Crippen LogP contribution in [-0.2, 0) is 4.79 Å². The third kappa shape index (κ3) is 3.17. The van der Waals surface area contributed by atoms with Crippen molar-refractivity contribution in [2.24, 2.45) is 5.84 Å². The molecule has 1 aromatic carbocycles. The highest BCUT2D eigenvalue weighted by Crippen LogP contribution is 2.34. The molecule has 7 nitrogen and oxygen atoms in total. The number of benzene rings is 1. The predicted octanol–water partition coefficient (Wildman–Crippen LogP) is 1.42. The lowest BCUT2D eigenvalue weighted by Crippen LogP contribution is -2.40. The number of halogens is 1. The number of hydrazine groups is 1. The molecule has 3 N–H and O–H groups in total. The van der Waals surface area contributed by atoms with Crippen LogP contribution in [0.5, 0.6) is 5.75 Å². The maximum absolute atomic E-state index is 11.2. The first-order valence-corrected chi connectivity index (χ1v) is 5.77. The van der Waals surface area contributed by atoms with Gasteiger partial charge in [0, 0.05) is 10.5 Å². The molecule has 0 spiro atoms. The molecule has 0 saturated carbocycles. The molecule has 0 aliphatic heterocycles. The minimum atomic E-state index is -0.923. The highest BCUT2D eigenvalue weighted by atomic mass is 79.9. The van der Waals surface area contributed by atoms with E-state index in [1.54, 1.807) is 13.0 Å². The van der Waals surface area contributed by atoms with E-state index in [0.29, 0.717) is 10.0 Å². The number of aryl methyl sites for hydroxylation is 1. The number of nitro benzene ring substituents is 1. The molecule has 1 atom stereocenters. The van der Waals surface area contributed by atoms with E-state index in [9.17, 15) is 14.9 Å². The highest BCUT2D eigenvalue weighted by Gasteiger charge is 2.23. The number of hydrogen-bond acceptors (Lipinski definition) is 5. The number of nitro groups is 1. The average molecular weight is 318 g/mol. The zero-order chi connectivity index (χ0) is 13.9. The van der Waals surface area contributed by atoms with Gasteiger partial charge in [0.1, 0.15) is 0 Å². The van der Waals surface area contributed by atoms with Gasteiger partial charge >= 0.3 is 5.69 Å². The van der Waals surface area contributed by atoms with Gasteiger partial charge in [0.2, 0.25) is 5.75 Å². The number of nitrogens with two attached hydrogens (primary N) is 1. The van der Waals surface area contributed by atoms with Crippen molar-refractivity contribution in [2.45, 2.75) is 20.0 Å². The third-order valence-corrected chi connectivity index (χ3v) is 2.68. The summed E-state index contributed by atoms with van der Waals surface area (Å²) in [5.74, 6) is 4.46. The summed E-state index contributed by atoms with van der Waals surface area (Å²) >= 11 is 3.16. The standard InChI is InChI=1S/C10H12BrN3O4/c1-5-3-7(11)4-8(14(16)17)9(5)18-6(2)10(15)13-12/h3-4,6H,12H2,1-2H3,(H,13,15). The molecule has 0 aromatic heterocycles. The summed E-state index contributed by atoms with van der Waals surface area (Å²) in [4.78, 5) is 21.6. The number of rotatable bonds is 4. The van der Waals surface area contributed by atoms with Crippen molar-refractivity contribution in [1.29, 1.82) is 0 Å².